The lowest BCUT2D eigenvalue weighted by Crippen LogP contribution is -2.31. The number of carbonyl (C=O) groups is 2. The second-order valence-corrected chi connectivity index (χ2v) is 4.60. The van der Waals surface area contributed by atoms with Gasteiger partial charge < -0.3 is 5.32 Å². The van der Waals surface area contributed by atoms with Crippen LogP contribution in [0.15, 0.2) is 30.6 Å². The summed E-state index contributed by atoms with van der Waals surface area (Å²) in [5, 5.41) is 6.37. The Morgan fingerprint density at radius 1 is 1.29 bits per heavy atom. The molecule has 108 valence electrons. The van der Waals surface area contributed by atoms with Gasteiger partial charge in [0.05, 0.1) is 11.9 Å². The van der Waals surface area contributed by atoms with E-state index < -0.39 is 29.6 Å². The van der Waals surface area contributed by atoms with Crippen LogP contribution in [0, 0.1) is 11.6 Å². The molecule has 2 heterocycles. The molecule has 0 radical (unpaired) electrons. The van der Waals surface area contributed by atoms with Gasteiger partial charge in [-0.05, 0) is 12.1 Å². The van der Waals surface area contributed by atoms with Gasteiger partial charge in [-0.2, -0.15) is 5.10 Å². The van der Waals surface area contributed by atoms with Crippen LogP contribution in [0.25, 0.3) is 0 Å². The standard InChI is InChI=1S/C13H10F2N4O2/c1-18-6-7(5-16-18)11-12(20)19(13(21)17-11)10-3-2-8(14)4-9(10)15/h2-6,11H,1H3,(H,17,21). The number of hydrogen-bond acceptors (Lipinski definition) is 3. The molecule has 1 fully saturated rings. The van der Waals surface area contributed by atoms with E-state index in [-0.39, 0.29) is 5.69 Å². The number of aromatic nitrogens is 2. The number of hydrogen-bond donors (Lipinski definition) is 1. The lowest BCUT2D eigenvalue weighted by molar-refractivity contribution is -0.118. The van der Waals surface area contributed by atoms with Gasteiger partial charge in [-0.1, -0.05) is 0 Å². The largest absolute Gasteiger partial charge is 0.329 e. The number of carbonyl (C=O) groups excluding carboxylic acids is 2. The Morgan fingerprint density at radius 2 is 2.05 bits per heavy atom. The zero-order valence-corrected chi connectivity index (χ0v) is 10.9. The SMILES string of the molecule is Cn1cc(C2NC(=O)N(c3ccc(F)cc3F)C2=O)cn1. The van der Waals surface area contributed by atoms with Crippen LogP contribution in [0.5, 0.6) is 0 Å². The minimum absolute atomic E-state index is 0.287. The van der Waals surface area contributed by atoms with Crippen LogP contribution < -0.4 is 10.2 Å². The van der Waals surface area contributed by atoms with E-state index in [9.17, 15) is 18.4 Å². The van der Waals surface area contributed by atoms with Crippen LogP contribution in [-0.4, -0.2) is 21.7 Å². The molecule has 1 saturated heterocycles. The topological polar surface area (TPSA) is 67.2 Å². The number of amides is 3. The molecule has 0 bridgehead atoms. The minimum atomic E-state index is -0.981. The zero-order chi connectivity index (χ0) is 15.1. The summed E-state index contributed by atoms with van der Waals surface area (Å²) < 4.78 is 28.2. The van der Waals surface area contributed by atoms with Crippen molar-refractivity contribution in [3.63, 3.8) is 0 Å². The van der Waals surface area contributed by atoms with Gasteiger partial charge in [0.15, 0.2) is 0 Å². The van der Waals surface area contributed by atoms with Gasteiger partial charge in [-0.3, -0.25) is 9.48 Å². The first-order valence-electron chi connectivity index (χ1n) is 6.05. The maximum Gasteiger partial charge on any atom is 0.329 e. The van der Waals surface area contributed by atoms with E-state index in [0.717, 1.165) is 12.1 Å². The molecule has 0 aliphatic carbocycles. The van der Waals surface area contributed by atoms with E-state index in [1.54, 1.807) is 13.2 Å². The molecule has 1 atom stereocenters. The average molecular weight is 292 g/mol. The van der Waals surface area contributed by atoms with Gasteiger partial charge in [-0.25, -0.2) is 18.5 Å². The molecule has 6 nitrogen and oxygen atoms in total. The highest BCUT2D eigenvalue weighted by atomic mass is 19.1. The summed E-state index contributed by atoms with van der Waals surface area (Å²) in [6.45, 7) is 0. The van der Waals surface area contributed by atoms with Gasteiger partial charge in [0.1, 0.15) is 17.7 Å². The molecule has 0 saturated carbocycles. The van der Waals surface area contributed by atoms with Crippen LogP contribution in [0.2, 0.25) is 0 Å². The number of imide groups is 1. The first-order valence-corrected chi connectivity index (χ1v) is 6.05. The molecule has 1 aromatic heterocycles. The molecule has 1 N–H and O–H groups in total. The van der Waals surface area contributed by atoms with Crippen molar-refractivity contribution in [1.29, 1.82) is 0 Å². The van der Waals surface area contributed by atoms with Gasteiger partial charge in [0.25, 0.3) is 5.91 Å². The molecule has 3 rings (SSSR count). The molecule has 2 aromatic rings. The van der Waals surface area contributed by atoms with Crippen molar-refractivity contribution < 1.29 is 18.4 Å². The van der Waals surface area contributed by atoms with Crippen molar-refractivity contribution in [2.75, 3.05) is 4.90 Å². The molecule has 3 amide bonds. The Kier molecular flexibility index (Phi) is 2.93. The van der Waals surface area contributed by atoms with Gasteiger partial charge in [0, 0.05) is 24.9 Å². The lowest BCUT2D eigenvalue weighted by atomic mass is 10.1. The Labute approximate surface area is 118 Å². The summed E-state index contributed by atoms with van der Waals surface area (Å²) in [4.78, 5) is 24.9. The van der Waals surface area contributed by atoms with Gasteiger partial charge in [-0.15, -0.1) is 0 Å². The monoisotopic (exact) mass is 292 g/mol. The lowest BCUT2D eigenvalue weighted by Gasteiger charge is -2.13. The summed E-state index contributed by atoms with van der Waals surface area (Å²) in [7, 11) is 1.67. The Balaban J connectivity index is 1.97. The summed E-state index contributed by atoms with van der Waals surface area (Å²) in [5.74, 6) is -2.41. The maximum absolute atomic E-state index is 13.8. The predicted molar refractivity (Wildman–Crippen MR) is 68.3 cm³/mol. The van der Waals surface area contributed by atoms with Crippen LogP contribution in [-0.2, 0) is 11.8 Å². The Morgan fingerprint density at radius 3 is 2.67 bits per heavy atom. The minimum Gasteiger partial charge on any atom is -0.321 e. The first kappa shape index (κ1) is 13.2. The second kappa shape index (κ2) is 4.65. The molecule has 21 heavy (non-hydrogen) atoms. The number of aryl methyl sites for hydroxylation is 1. The average Bonchev–Trinajstić information content (AvgIpc) is 2.95. The molecule has 1 aromatic carbocycles. The third-order valence-corrected chi connectivity index (χ3v) is 3.15. The van der Waals surface area contributed by atoms with Crippen molar-refractivity contribution in [3.8, 4) is 0 Å². The van der Waals surface area contributed by atoms with Crippen LogP contribution in [0.4, 0.5) is 19.3 Å². The fourth-order valence-corrected chi connectivity index (χ4v) is 2.18. The van der Waals surface area contributed by atoms with Crippen LogP contribution in [0.3, 0.4) is 0 Å². The van der Waals surface area contributed by atoms with Crippen LogP contribution >= 0.6 is 0 Å². The Bertz CT molecular complexity index is 744. The van der Waals surface area contributed by atoms with Crippen molar-refractivity contribution in [1.82, 2.24) is 15.1 Å². The molecule has 1 aliphatic rings. The second-order valence-electron chi connectivity index (χ2n) is 4.60. The third kappa shape index (κ3) is 2.14. The number of halogens is 2. The van der Waals surface area contributed by atoms with E-state index in [4.69, 9.17) is 0 Å². The number of anilines is 1. The van der Waals surface area contributed by atoms with E-state index in [2.05, 4.69) is 10.4 Å². The summed E-state index contributed by atoms with van der Waals surface area (Å²) in [5.41, 5.74) is 0.200. The van der Waals surface area contributed by atoms with E-state index in [0.29, 0.717) is 16.5 Å². The summed E-state index contributed by atoms with van der Waals surface area (Å²) in [6, 6.07) is 0.951. The molecular formula is C13H10F2N4O2. The highest BCUT2D eigenvalue weighted by Gasteiger charge is 2.41. The first-order chi connectivity index (χ1) is 9.97. The van der Waals surface area contributed by atoms with Gasteiger partial charge in [0.2, 0.25) is 0 Å². The number of nitrogens with one attached hydrogen (secondary N) is 1. The van der Waals surface area contributed by atoms with E-state index in [1.165, 1.54) is 10.9 Å². The smallest absolute Gasteiger partial charge is 0.321 e. The van der Waals surface area contributed by atoms with E-state index in [1.807, 2.05) is 0 Å². The van der Waals surface area contributed by atoms with Crippen molar-refractivity contribution in [2.45, 2.75) is 6.04 Å². The van der Waals surface area contributed by atoms with Crippen molar-refractivity contribution in [2.24, 2.45) is 7.05 Å². The quantitative estimate of drug-likeness (QED) is 0.853. The summed E-state index contributed by atoms with van der Waals surface area (Å²) >= 11 is 0. The third-order valence-electron chi connectivity index (χ3n) is 3.15. The Hall–Kier alpha value is -2.77. The number of rotatable bonds is 2. The van der Waals surface area contributed by atoms with Crippen molar-refractivity contribution >= 4 is 17.6 Å². The van der Waals surface area contributed by atoms with Crippen molar-refractivity contribution in [3.05, 3.63) is 47.8 Å². The predicted octanol–water partition coefficient (Wildman–Crippen LogP) is 1.50. The fraction of sp³-hybridized carbons (Fsp3) is 0.154. The number of nitrogens with zero attached hydrogens (tertiary/aromatic N) is 3. The molecule has 8 heteroatoms. The molecule has 0 spiro atoms. The van der Waals surface area contributed by atoms with Crippen LogP contribution in [0.1, 0.15) is 11.6 Å². The van der Waals surface area contributed by atoms with Gasteiger partial charge >= 0.3 is 6.03 Å². The maximum atomic E-state index is 13.8. The fourth-order valence-electron chi connectivity index (χ4n) is 2.18. The highest BCUT2D eigenvalue weighted by molar-refractivity contribution is 6.21. The normalized spacial score (nSPS) is 18.2. The number of urea groups is 1. The highest BCUT2D eigenvalue weighted by Crippen LogP contribution is 2.28. The summed E-state index contributed by atoms with van der Waals surface area (Å²) in [6.07, 6.45) is 3.01. The number of benzene rings is 1. The zero-order valence-electron chi connectivity index (χ0n) is 10.9. The molecule has 1 unspecified atom stereocenters. The van der Waals surface area contributed by atoms with E-state index >= 15 is 0 Å². The molecular weight excluding hydrogens is 282 g/mol. The molecule has 1 aliphatic heterocycles.